The molecule has 0 aromatic carbocycles. The molecule has 0 saturated carbocycles. The van der Waals surface area contributed by atoms with Gasteiger partial charge in [0.1, 0.15) is 16.2 Å². The van der Waals surface area contributed by atoms with Gasteiger partial charge in [0, 0.05) is 20.5 Å². The quantitative estimate of drug-likeness (QED) is 0.302. The normalized spacial score (nSPS) is 12.2. The predicted octanol–water partition coefficient (Wildman–Crippen LogP) is 0.202. The lowest BCUT2D eigenvalue weighted by molar-refractivity contribution is -0.144. The molecule has 2 aromatic heterocycles. The van der Waals surface area contributed by atoms with Crippen molar-refractivity contribution in [2.24, 2.45) is 14.1 Å². The summed E-state index contributed by atoms with van der Waals surface area (Å²) in [7, 11) is 2.85. The summed E-state index contributed by atoms with van der Waals surface area (Å²) < 4.78 is 7.12. The molecule has 0 aliphatic rings. The molecule has 9 nitrogen and oxygen atoms in total. The minimum absolute atomic E-state index is 0.0901. The summed E-state index contributed by atoms with van der Waals surface area (Å²) in [6.07, 6.45) is 0.455. The molecule has 2 heterocycles. The van der Waals surface area contributed by atoms with Crippen LogP contribution in [0.15, 0.2) is 14.6 Å². The molecule has 0 aliphatic heterocycles. The summed E-state index contributed by atoms with van der Waals surface area (Å²) >= 11 is 0.837. The molecule has 0 bridgehead atoms. The Morgan fingerprint density at radius 3 is 2.35 bits per heavy atom. The van der Waals surface area contributed by atoms with Crippen molar-refractivity contribution >= 4 is 34.5 Å². The van der Waals surface area contributed by atoms with E-state index in [9.17, 15) is 19.2 Å². The Morgan fingerprint density at radius 2 is 1.81 bits per heavy atom. The van der Waals surface area contributed by atoms with Gasteiger partial charge in [-0.1, -0.05) is 18.7 Å². The Balaban J connectivity index is 2.77. The number of carbonyl (C=O) groups is 2. The van der Waals surface area contributed by atoms with Gasteiger partial charge in [-0.05, 0) is 13.8 Å². The van der Waals surface area contributed by atoms with Gasteiger partial charge < -0.3 is 4.74 Å². The van der Waals surface area contributed by atoms with Crippen molar-refractivity contribution in [3.05, 3.63) is 26.7 Å². The summed E-state index contributed by atoms with van der Waals surface area (Å²) in [4.78, 5) is 57.4. The fraction of sp³-hybridized carbons (Fsp3) is 0.500. The molecule has 0 unspecified atom stereocenters. The summed E-state index contributed by atoms with van der Waals surface area (Å²) in [6.45, 7) is 4.86. The zero-order valence-corrected chi connectivity index (χ0v) is 16.0. The van der Waals surface area contributed by atoms with E-state index in [1.807, 2.05) is 6.92 Å². The monoisotopic (exact) mass is 380 g/mol. The third-order valence-electron chi connectivity index (χ3n) is 3.73. The molecule has 0 spiro atoms. The van der Waals surface area contributed by atoms with E-state index in [-0.39, 0.29) is 22.7 Å². The van der Waals surface area contributed by atoms with Crippen molar-refractivity contribution in [3.8, 4) is 0 Å². The van der Waals surface area contributed by atoms with Gasteiger partial charge in [-0.25, -0.2) is 14.8 Å². The molecule has 0 amide bonds. The predicted molar refractivity (Wildman–Crippen MR) is 96.4 cm³/mol. The van der Waals surface area contributed by atoms with Crippen LogP contribution in [-0.4, -0.2) is 42.7 Å². The van der Waals surface area contributed by atoms with Gasteiger partial charge in [-0.2, -0.15) is 0 Å². The number of thioether (sulfide) groups is 1. The molecule has 140 valence electrons. The second kappa shape index (κ2) is 7.81. The number of hydrogen-bond acceptors (Lipinski definition) is 8. The van der Waals surface area contributed by atoms with E-state index in [1.165, 1.54) is 25.6 Å². The molecule has 0 fully saturated rings. The molecule has 0 radical (unpaired) electrons. The number of esters is 1. The topological polar surface area (TPSA) is 113 Å². The average molecular weight is 380 g/mol. The molecular weight excluding hydrogens is 360 g/mol. The van der Waals surface area contributed by atoms with Gasteiger partial charge in [0.15, 0.2) is 16.7 Å². The van der Waals surface area contributed by atoms with Crippen LogP contribution >= 0.6 is 11.8 Å². The van der Waals surface area contributed by atoms with Gasteiger partial charge >= 0.3 is 11.7 Å². The first-order valence-corrected chi connectivity index (χ1v) is 8.91. The molecule has 0 N–H and O–H groups in total. The number of hydrogen-bond donors (Lipinski definition) is 0. The number of ketones is 1. The minimum Gasteiger partial charge on any atom is -0.465 e. The molecule has 1 atom stereocenters. The van der Waals surface area contributed by atoms with Crippen molar-refractivity contribution in [3.63, 3.8) is 0 Å². The van der Waals surface area contributed by atoms with E-state index in [2.05, 4.69) is 9.97 Å². The largest absolute Gasteiger partial charge is 0.465 e. The number of fused-ring (bicyclic) bond motifs is 1. The third kappa shape index (κ3) is 3.55. The summed E-state index contributed by atoms with van der Waals surface area (Å²) in [5.41, 5.74) is -0.939. The fourth-order valence-corrected chi connectivity index (χ4v) is 3.35. The zero-order valence-electron chi connectivity index (χ0n) is 15.2. The summed E-state index contributed by atoms with van der Waals surface area (Å²) in [5, 5.41) is -0.886. The van der Waals surface area contributed by atoms with E-state index in [0.29, 0.717) is 12.2 Å². The van der Waals surface area contributed by atoms with Crippen LogP contribution in [0.3, 0.4) is 0 Å². The van der Waals surface area contributed by atoms with Crippen LogP contribution in [0.25, 0.3) is 11.0 Å². The van der Waals surface area contributed by atoms with Gasteiger partial charge in [0.05, 0.1) is 6.61 Å². The number of aromatic nitrogens is 4. The molecule has 26 heavy (non-hydrogen) atoms. The highest BCUT2D eigenvalue weighted by Gasteiger charge is 2.29. The van der Waals surface area contributed by atoms with Crippen LogP contribution < -0.4 is 11.2 Å². The Labute approximate surface area is 153 Å². The maximum Gasteiger partial charge on any atom is 0.332 e. The smallest absolute Gasteiger partial charge is 0.332 e. The second-order valence-corrected chi connectivity index (χ2v) is 6.66. The highest BCUT2D eigenvalue weighted by Crippen LogP contribution is 2.28. The van der Waals surface area contributed by atoms with E-state index < -0.39 is 28.3 Å². The number of carbonyl (C=O) groups excluding carboxylic acids is 2. The van der Waals surface area contributed by atoms with Crippen LogP contribution in [0.5, 0.6) is 0 Å². The fourth-order valence-electron chi connectivity index (χ4n) is 2.34. The van der Waals surface area contributed by atoms with Crippen LogP contribution in [0.4, 0.5) is 0 Å². The number of ether oxygens (including phenoxy) is 1. The standard InChI is InChI=1S/C16H20N4O5S/c1-6-9-17-12-10(14(22)20(5)16(24)19(12)4)13(18-9)26-11(8(3)21)15(23)25-7-2/h11H,6-7H2,1-5H3/t11-/m0/s1. The summed E-state index contributed by atoms with van der Waals surface area (Å²) in [6, 6.07) is 0. The van der Waals surface area contributed by atoms with E-state index in [4.69, 9.17) is 4.74 Å². The number of rotatable bonds is 6. The van der Waals surface area contributed by atoms with Crippen LogP contribution in [0.2, 0.25) is 0 Å². The highest BCUT2D eigenvalue weighted by molar-refractivity contribution is 8.01. The number of Topliss-reactive ketones (excluding diaryl/α,β-unsaturated/α-hetero) is 1. The Hall–Kier alpha value is -2.49. The second-order valence-electron chi connectivity index (χ2n) is 5.56. The molecular formula is C16H20N4O5S. The first-order valence-electron chi connectivity index (χ1n) is 8.03. The molecule has 2 aromatic rings. The van der Waals surface area contributed by atoms with Crippen molar-refractivity contribution in [2.45, 2.75) is 37.5 Å². The third-order valence-corrected chi connectivity index (χ3v) is 5.01. The Morgan fingerprint density at radius 1 is 1.15 bits per heavy atom. The Bertz CT molecular complexity index is 995. The van der Waals surface area contributed by atoms with Gasteiger partial charge in [0.25, 0.3) is 5.56 Å². The number of aryl methyl sites for hydroxylation is 2. The molecule has 10 heteroatoms. The van der Waals surface area contributed by atoms with E-state index >= 15 is 0 Å². The molecule has 2 rings (SSSR count). The molecule has 0 saturated heterocycles. The maximum absolute atomic E-state index is 12.6. The lowest BCUT2D eigenvalue weighted by Gasteiger charge is -2.15. The first kappa shape index (κ1) is 19.8. The lowest BCUT2D eigenvalue weighted by atomic mass is 10.3. The van der Waals surface area contributed by atoms with Crippen LogP contribution in [0.1, 0.15) is 26.6 Å². The van der Waals surface area contributed by atoms with Crippen LogP contribution in [0, 0.1) is 0 Å². The Kier molecular flexibility index (Phi) is 5.96. The number of nitrogens with zero attached hydrogens (tertiary/aromatic N) is 4. The zero-order chi connectivity index (χ0) is 19.6. The van der Waals surface area contributed by atoms with Crippen LogP contribution in [-0.2, 0) is 34.8 Å². The van der Waals surface area contributed by atoms with Gasteiger partial charge in [-0.15, -0.1) is 0 Å². The highest BCUT2D eigenvalue weighted by atomic mass is 32.2. The van der Waals surface area contributed by atoms with Gasteiger partial charge in [0.2, 0.25) is 0 Å². The van der Waals surface area contributed by atoms with Crippen molar-refractivity contribution in [1.82, 2.24) is 19.1 Å². The van der Waals surface area contributed by atoms with E-state index in [0.717, 1.165) is 16.3 Å². The van der Waals surface area contributed by atoms with Crippen molar-refractivity contribution < 1.29 is 14.3 Å². The first-order chi connectivity index (χ1) is 12.2. The SMILES string of the molecule is CCOC(=O)[C@@H](Sc1nc(CC)nc2c1c(=O)n(C)c(=O)n2C)C(C)=O. The average Bonchev–Trinajstić information content (AvgIpc) is 2.61. The molecule has 0 aliphatic carbocycles. The van der Waals surface area contributed by atoms with Gasteiger partial charge in [-0.3, -0.25) is 23.5 Å². The summed E-state index contributed by atoms with van der Waals surface area (Å²) in [5.74, 6) is -0.717. The van der Waals surface area contributed by atoms with Crippen molar-refractivity contribution in [2.75, 3.05) is 6.61 Å². The minimum atomic E-state index is -1.15. The lowest BCUT2D eigenvalue weighted by Crippen LogP contribution is -2.38. The van der Waals surface area contributed by atoms with E-state index in [1.54, 1.807) is 6.92 Å². The van der Waals surface area contributed by atoms with Crippen molar-refractivity contribution in [1.29, 1.82) is 0 Å². The maximum atomic E-state index is 12.6.